The highest BCUT2D eigenvalue weighted by molar-refractivity contribution is 5.71. The minimum absolute atomic E-state index is 0.246. The molecule has 1 amide bonds. The third-order valence-corrected chi connectivity index (χ3v) is 2.84. The number of aliphatic hydroxyl groups excluding tert-OH is 1. The first kappa shape index (κ1) is 14.8. The Bertz CT molecular complexity index is 323. The average molecular weight is 259 g/mol. The number of aliphatic carboxylic acids is 1. The van der Waals surface area contributed by atoms with Gasteiger partial charge >= 0.3 is 12.1 Å². The normalized spacial score (nSPS) is 25.4. The maximum absolute atomic E-state index is 11.8. The predicted molar refractivity (Wildman–Crippen MR) is 64.2 cm³/mol. The van der Waals surface area contributed by atoms with E-state index in [-0.39, 0.29) is 12.8 Å². The van der Waals surface area contributed by atoms with Crippen molar-refractivity contribution in [2.24, 2.45) is 5.92 Å². The number of carbonyl (C=O) groups excluding carboxylic acids is 1. The summed E-state index contributed by atoms with van der Waals surface area (Å²) in [6.07, 6.45) is -0.859. The van der Waals surface area contributed by atoms with Crippen LogP contribution in [0.25, 0.3) is 0 Å². The van der Waals surface area contributed by atoms with Gasteiger partial charge in [0.15, 0.2) is 0 Å². The van der Waals surface area contributed by atoms with Gasteiger partial charge in [0.1, 0.15) is 5.60 Å². The third kappa shape index (κ3) is 4.18. The van der Waals surface area contributed by atoms with E-state index in [4.69, 9.17) is 9.84 Å². The van der Waals surface area contributed by atoms with E-state index in [1.165, 1.54) is 4.90 Å². The third-order valence-electron chi connectivity index (χ3n) is 2.84. The van der Waals surface area contributed by atoms with E-state index >= 15 is 0 Å². The van der Waals surface area contributed by atoms with Crippen LogP contribution >= 0.6 is 0 Å². The SMILES string of the molecule is CC(C)(C)OC(=O)N1CCC(O)C(C(=O)O)CC1. The number of aliphatic hydroxyl groups is 1. The number of amides is 1. The number of hydrogen-bond acceptors (Lipinski definition) is 4. The molecule has 1 aliphatic heterocycles. The number of carboxylic acids is 1. The van der Waals surface area contributed by atoms with Gasteiger partial charge in [-0.2, -0.15) is 0 Å². The number of carbonyl (C=O) groups is 2. The molecule has 2 atom stereocenters. The molecule has 0 bridgehead atoms. The Balaban J connectivity index is 2.61. The van der Waals surface area contributed by atoms with E-state index in [0.29, 0.717) is 13.1 Å². The summed E-state index contributed by atoms with van der Waals surface area (Å²) in [6.45, 7) is 5.94. The molecule has 0 spiro atoms. The lowest BCUT2D eigenvalue weighted by atomic mass is 9.98. The number of carboxylic acid groups (broad SMARTS) is 1. The number of hydrogen-bond donors (Lipinski definition) is 2. The first-order chi connectivity index (χ1) is 8.20. The summed E-state index contributed by atoms with van der Waals surface area (Å²) in [5.41, 5.74) is -0.575. The number of rotatable bonds is 1. The van der Waals surface area contributed by atoms with Crippen LogP contribution < -0.4 is 0 Å². The molecular formula is C12H21NO5. The van der Waals surface area contributed by atoms with Crippen molar-refractivity contribution in [2.75, 3.05) is 13.1 Å². The second-order valence-corrected chi connectivity index (χ2v) is 5.56. The molecule has 1 saturated heterocycles. The minimum atomic E-state index is -1.02. The van der Waals surface area contributed by atoms with E-state index in [1.54, 1.807) is 20.8 Å². The van der Waals surface area contributed by atoms with Crippen LogP contribution in [0.1, 0.15) is 33.6 Å². The summed E-state index contributed by atoms with van der Waals surface area (Å²) < 4.78 is 5.22. The van der Waals surface area contributed by atoms with Crippen LogP contribution in [0.5, 0.6) is 0 Å². The molecular weight excluding hydrogens is 238 g/mol. The molecule has 1 fully saturated rings. The smallest absolute Gasteiger partial charge is 0.410 e. The Hall–Kier alpha value is -1.30. The first-order valence-electron chi connectivity index (χ1n) is 6.09. The highest BCUT2D eigenvalue weighted by Gasteiger charge is 2.32. The monoisotopic (exact) mass is 259 g/mol. The van der Waals surface area contributed by atoms with Gasteiger partial charge in [-0.15, -0.1) is 0 Å². The first-order valence-corrected chi connectivity index (χ1v) is 6.09. The summed E-state index contributed by atoms with van der Waals surface area (Å²) in [7, 11) is 0. The van der Waals surface area contributed by atoms with Crippen LogP contribution in [0.2, 0.25) is 0 Å². The fourth-order valence-electron chi connectivity index (χ4n) is 1.89. The second kappa shape index (κ2) is 5.56. The molecule has 104 valence electrons. The zero-order valence-corrected chi connectivity index (χ0v) is 11.0. The molecule has 0 aromatic heterocycles. The molecule has 1 aliphatic rings. The fraction of sp³-hybridized carbons (Fsp3) is 0.833. The highest BCUT2D eigenvalue weighted by atomic mass is 16.6. The van der Waals surface area contributed by atoms with Crippen molar-refractivity contribution in [3.8, 4) is 0 Å². The quantitative estimate of drug-likeness (QED) is 0.735. The largest absolute Gasteiger partial charge is 0.481 e. The van der Waals surface area contributed by atoms with Crippen molar-refractivity contribution in [1.29, 1.82) is 0 Å². The van der Waals surface area contributed by atoms with Gasteiger partial charge in [0, 0.05) is 13.1 Å². The predicted octanol–water partition coefficient (Wildman–Crippen LogP) is 1.08. The lowest BCUT2D eigenvalue weighted by molar-refractivity contribution is -0.145. The van der Waals surface area contributed by atoms with Crippen LogP contribution in [0.15, 0.2) is 0 Å². The highest BCUT2D eigenvalue weighted by Crippen LogP contribution is 2.20. The van der Waals surface area contributed by atoms with E-state index < -0.39 is 29.7 Å². The van der Waals surface area contributed by atoms with Gasteiger partial charge in [-0.3, -0.25) is 4.79 Å². The zero-order chi connectivity index (χ0) is 13.9. The summed E-state index contributed by atoms with van der Waals surface area (Å²) >= 11 is 0. The summed E-state index contributed by atoms with van der Waals surface area (Å²) in [5, 5.41) is 18.6. The average Bonchev–Trinajstić information content (AvgIpc) is 2.37. The lowest BCUT2D eigenvalue weighted by Crippen LogP contribution is -2.37. The van der Waals surface area contributed by atoms with Crippen molar-refractivity contribution < 1.29 is 24.5 Å². The second-order valence-electron chi connectivity index (χ2n) is 5.56. The van der Waals surface area contributed by atoms with Gasteiger partial charge in [0.05, 0.1) is 12.0 Å². The van der Waals surface area contributed by atoms with Gasteiger partial charge in [-0.25, -0.2) is 4.79 Å². The van der Waals surface area contributed by atoms with Gasteiger partial charge in [-0.1, -0.05) is 0 Å². The molecule has 0 aromatic carbocycles. The maximum Gasteiger partial charge on any atom is 0.410 e. The standard InChI is InChI=1S/C12H21NO5/c1-12(2,3)18-11(17)13-6-4-8(10(15)16)9(14)5-7-13/h8-9,14H,4-7H2,1-3H3,(H,15,16). The Morgan fingerprint density at radius 2 is 1.78 bits per heavy atom. The number of likely N-dealkylation sites (tertiary alicyclic amines) is 1. The molecule has 18 heavy (non-hydrogen) atoms. The van der Waals surface area contributed by atoms with Gasteiger partial charge < -0.3 is 19.8 Å². The van der Waals surface area contributed by atoms with Crippen molar-refractivity contribution in [3.63, 3.8) is 0 Å². The van der Waals surface area contributed by atoms with Crippen LogP contribution in [0.3, 0.4) is 0 Å². The number of nitrogens with zero attached hydrogens (tertiary/aromatic N) is 1. The molecule has 0 aliphatic carbocycles. The van der Waals surface area contributed by atoms with Crippen LogP contribution in [0, 0.1) is 5.92 Å². The Morgan fingerprint density at radius 1 is 1.22 bits per heavy atom. The Kier molecular flexibility index (Phi) is 4.56. The summed E-state index contributed by atoms with van der Waals surface area (Å²) in [5.74, 6) is -1.83. The zero-order valence-electron chi connectivity index (χ0n) is 11.0. The molecule has 2 N–H and O–H groups in total. The Labute approximate surface area is 107 Å². The van der Waals surface area contributed by atoms with Crippen LogP contribution in [-0.2, 0) is 9.53 Å². The van der Waals surface area contributed by atoms with Crippen LogP contribution in [-0.4, -0.2) is 52.0 Å². The molecule has 2 unspecified atom stereocenters. The summed E-state index contributed by atoms with van der Waals surface area (Å²) in [4.78, 5) is 24.2. The van der Waals surface area contributed by atoms with Gasteiger partial charge in [0.2, 0.25) is 0 Å². The molecule has 0 aromatic rings. The van der Waals surface area contributed by atoms with Crippen molar-refractivity contribution in [1.82, 2.24) is 4.90 Å². The van der Waals surface area contributed by atoms with Crippen LogP contribution in [0.4, 0.5) is 4.79 Å². The van der Waals surface area contributed by atoms with Crippen molar-refractivity contribution in [3.05, 3.63) is 0 Å². The summed E-state index contributed by atoms with van der Waals surface area (Å²) in [6, 6.07) is 0. The van der Waals surface area contributed by atoms with E-state index in [2.05, 4.69) is 0 Å². The van der Waals surface area contributed by atoms with Crippen molar-refractivity contribution in [2.45, 2.75) is 45.3 Å². The van der Waals surface area contributed by atoms with Crippen molar-refractivity contribution >= 4 is 12.1 Å². The fourth-order valence-corrected chi connectivity index (χ4v) is 1.89. The van der Waals surface area contributed by atoms with E-state index in [9.17, 15) is 14.7 Å². The molecule has 0 radical (unpaired) electrons. The Morgan fingerprint density at radius 3 is 2.28 bits per heavy atom. The van der Waals surface area contributed by atoms with Gasteiger partial charge in [-0.05, 0) is 33.6 Å². The molecule has 6 nitrogen and oxygen atoms in total. The molecule has 1 heterocycles. The molecule has 0 saturated carbocycles. The van der Waals surface area contributed by atoms with E-state index in [1.807, 2.05) is 0 Å². The van der Waals surface area contributed by atoms with E-state index in [0.717, 1.165) is 0 Å². The minimum Gasteiger partial charge on any atom is -0.481 e. The van der Waals surface area contributed by atoms with Gasteiger partial charge in [0.25, 0.3) is 0 Å². The molecule has 6 heteroatoms. The maximum atomic E-state index is 11.8. The topological polar surface area (TPSA) is 87.1 Å². The lowest BCUT2D eigenvalue weighted by Gasteiger charge is -2.26. The number of ether oxygens (including phenoxy) is 1. The molecule has 1 rings (SSSR count).